The van der Waals surface area contributed by atoms with Gasteiger partial charge in [0.2, 0.25) is 0 Å². The molecular formula is C16H18O2P+. The van der Waals surface area contributed by atoms with Gasteiger partial charge in [0.25, 0.3) is 0 Å². The molecule has 2 aromatic rings. The van der Waals surface area contributed by atoms with Crippen LogP contribution in [0.5, 0.6) is 0 Å². The Hall–Kier alpha value is -1.66. The van der Waals surface area contributed by atoms with Gasteiger partial charge in [0.15, 0.2) is 7.26 Å². The average Bonchev–Trinajstić information content (AvgIpc) is 2.48. The molecule has 0 spiro atoms. The molecule has 0 aromatic heterocycles. The molecule has 2 nitrogen and oxygen atoms in total. The summed E-state index contributed by atoms with van der Waals surface area (Å²) in [4.78, 5) is 12.5. The van der Waals surface area contributed by atoms with Crippen LogP contribution in [0.2, 0.25) is 0 Å². The normalized spacial score (nSPS) is 11.1. The maximum absolute atomic E-state index is 12.5. The monoisotopic (exact) mass is 273 g/mol. The van der Waals surface area contributed by atoms with Crippen LogP contribution in [0.3, 0.4) is 0 Å². The fourth-order valence-corrected chi connectivity index (χ4v) is 4.71. The lowest BCUT2D eigenvalue weighted by Gasteiger charge is -2.19. The smallest absolute Gasteiger partial charge is 0.436 e. The van der Waals surface area contributed by atoms with Crippen molar-refractivity contribution in [3.63, 3.8) is 0 Å². The Kier molecular flexibility index (Phi) is 4.34. The lowest BCUT2D eigenvalue weighted by molar-refractivity contribution is 0.180. The average molecular weight is 273 g/mol. The summed E-state index contributed by atoms with van der Waals surface area (Å²) >= 11 is 0. The van der Waals surface area contributed by atoms with Crippen molar-refractivity contribution in [1.29, 1.82) is 0 Å². The van der Waals surface area contributed by atoms with E-state index < -0.39 is 7.26 Å². The summed E-state index contributed by atoms with van der Waals surface area (Å²) in [6, 6.07) is 19.8. The van der Waals surface area contributed by atoms with Crippen LogP contribution in [0.4, 0.5) is 4.79 Å². The number of benzene rings is 2. The fraction of sp³-hybridized carbons (Fsp3) is 0.188. The van der Waals surface area contributed by atoms with Gasteiger partial charge >= 0.3 is 5.71 Å². The Morgan fingerprint density at radius 2 is 1.37 bits per heavy atom. The van der Waals surface area contributed by atoms with Gasteiger partial charge in [0.05, 0.1) is 13.3 Å². The molecule has 3 heteroatoms. The van der Waals surface area contributed by atoms with E-state index in [1.807, 2.05) is 74.3 Å². The van der Waals surface area contributed by atoms with Gasteiger partial charge in [0.1, 0.15) is 10.6 Å². The molecule has 0 radical (unpaired) electrons. The van der Waals surface area contributed by atoms with Crippen LogP contribution in [-0.4, -0.2) is 19.0 Å². The van der Waals surface area contributed by atoms with E-state index >= 15 is 0 Å². The minimum atomic E-state index is -2.14. The van der Waals surface area contributed by atoms with Crippen molar-refractivity contribution in [3.05, 3.63) is 60.7 Å². The number of ether oxygens (including phenoxy) is 1. The van der Waals surface area contributed by atoms with Crippen molar-refractivity contribution in [2.45, 2.75) is 6.92 Å². The Bertz CT molecular complexity index is 498. The molecular weight excluding hydrogens is 255 g/mol. The maximum Gasteiger partial charge on any atom is 0.460 e. The van der Waals surface area contributed by atoms with Gasteiger partial charge in [-0.25, -0.2) is 4.79 Å². The maximum atomic E-state index is 12.5. The first-order valence-electron chi connectivity index (χ1n) is 6.34. The van der Waals surface area contributed by atoms with Gasteiger partial charge in [-0.3, -0.25) is 0 Å². The zero-order valence-corrected chi connectivity index (χ0v) is 12.1. The highest BCUT2D eigenvalue weighted by molar-refractivity contribution is 8.01. The standard InChI is InChI=1S/C16H18O2P/c1-3-18-16(17)19(2,14-10-6-4-7-11-14)15-12-8-5-9-13-15/h4-13H,3H2,1-2H3/q+1. The van der Waals surface area contributed by atoms with Crippen LogP contribution in [0.15, 0.2) is 60.7 Å². The molecule has 0 N–H and O–H groups in total. The molecule has 98 valence electrons. The molecule has 0 amide bonds. The highest BCUT2D eigenvalue weighted by Gasteiger charge is 2.48. The summed E-state index contributed by atoms with van der Waals surface area (Å²) in [5.74, 6) is 0. The van der Waals surface area contributed by atoms with Crippen molar-refractivity contribution in [1.82, 2.24) is 0 Å². The summed E-state index contributed by atoms with van der Waals surface area (Å²) in [5, 5.41) is 2.11. The minimum Gasteiger partial charge on any atom is -0.436 e. The molecule has 0 atom stereocenters. The number of hydrogen-bond acceptors (Lipinski definition) is 2. The number of carbonyl (C=O) groups is 1. The zero-order valence-electron chi connectivity index (χ0n) is 11.2. The first kappa shape index (κ1) is 13.8. The van der Waals surface area contributed by atoms with Gasteiger partial charge in [-0.1, -0.05) is 36.4 Å². The predicted molar refractivity (Wildman–Crippen MR) is 82.0 cm³/mol. The van der Waals surface area contributed by atoms with E-state index in [1.54, 1.807) is 0 Å². The van der Waals surface area contributed by atoms with Crippen LogP contribution in [0.1, 0.15) is 6.92 Å². The molecule has 0 aliphatic rings. The van der Waals surface area contributed by atoms with Gasteiger partial charge in [-0.2, -0.15) is 0 Å². The fourth-order valence-electron chi connectivity index (χ4n) is 2.06. The highest BCUT2D eigenvalue weighted by Crippen LogP contribution is 2.54. The second-order valence-electron chi connectivity index (χ2n) is 4.38. The van der Waals surface area contributed by atoms with Crippen LogP contribution >= 0.6 is 7.26 Å². The third kappa shape index (κ3) is 2.69. The third-order valence-electron chi connectivity index (χ3n) is 3.18. The zero-order chi connectivity index (χ0) is 13.7. The molecule has 19 heavy (non-hydrogen) atoms. The predicted octanol–water partition coefficient (Wildman–Crippen LogP) is 3.44. The second kappa shape index (κ2) is 5.99. The van der Waals surface area contributed by atoms with Crippen molar-refractivity contribution < 1.29 is 9.53 Å². The first-order valence-corrected chi connectivity index (χ1v) is 8.58. The molecule has 0 bridgehead atoms. The van der Waals surface area contributed by atoms with Crippen molar-refractivity contribution in [2.24, 2.45) is 0 Å². The Morgan fingerprint density at radius 3 is 1.74 bits per heavy atom. The molecule has 0 fully saturated rings. The Labute approximate surface area is 114 Å². The van der Waals surface area contributed by atoms with Gasteiger partial charge in [0, 0.05) is 0 Å². The van der Waals surface area contributed by atoms with Crippen LogP contribution < -0.4 is 10.6 Å². The van der Waals surface area contributed by atoms with Crippen LogP contribution in [0, 0.1) is 0 Å². The van der Waals surface area contributed by atoms with Gasteiger partial charge in [-0.05, 0) is 31.2 Å². The molecule has 0 aliphatic carbocycles. The number of carbonyl (C=O) groups excluding carboxylic acids is 1. The number of hydrogen-bond donors (Lipinski definition) is 0. The lowest BCUT2D eigenvalue weighted by Crippen LogP contribution is -2.28. The Morgan fingerprint density at radius 1 is 0.947 bits per heavy atom. The summed E-state index contributed by atoms with van der Waals surface area (Å²) < 4.78 is 5.33. The van der Waals surface area contributed by atoms with Crippen molar-refractivity contribution in [2.75, 3.05) is 13.3 Å². The minimum absolute atomic E-state index is 0.104. The molecule has 2 rings (SSSR count). The van der Waals surface area contributed by atoms with E-state index in [9.17, 15) is 4.79 Å². The van der Waals surface area contributed by atoms with E-state index in [1.165, 1.54) is 0 Å². The molecule has 0 saturated carbocycles. The van der Waals surface area contributed by atoms with E-state index in [0.29, 0.717) is 6.61 Å². The summed E-state index contributed by atoms with van der Waals surface area (Å²) in [6.07, 6.45) is 0. The highest BCUT2D eigenvalue weighted by atomic mass is 31.2. The van der Waals surface area contributed by atoms with E-state index in [0.717, 1.165) is 10.6 Å². The van der Waals surface area contributed by atoms with Crippen molar-refractivity contribution in [3.8, 4) is 0 Å². The second-order valence-corrected chi connectivity index (χ2v) is 7.79. The summed E-state index contributed by atoms with van der Waals surface area (Å²) in [6.45, 7) is 4.28. The largest absolute Gasteiger partial charge is 0.460 e. The van der Waals surface area contributed by atoms with E-state index in [2.05, 4.69) is 0 Å². The third-order valence-corrected chi connectivity index (χ3v) is 6.70. The molecule has 0 unspecified atom stereocenters. The summed E-state index contributed by atoms with van der Waals surface area (Å²) in [7, 11) is -2.14. The van der Waals surface area contributed by atoms with Crippen LogP contribution in [0.25, 0.3) is 0 Å². The van der Waals surface area contributed by atoms with Crippen molar-refractivity contribution >= 4 is 23.6 Å². The molecule has 0 saturated heterocycles. The molecule has 0 heterocycles. The van der Waals surface area contributed by atoms with E-state index in [4.69, 9.17) is 4.74 Å². The van der Waals surface area contributed by atoms with Gasteiger partial charge in [-0.15, -0.1) is 0 Å². The first-order chi connectivity index (χ1) is 9.19. The lowest BCUT2D eigenvalue weighted by atomic mass is 10.4. The molecule has 2 aromatic carbocycles. The van der Waals surface area contributed by atoms with Crippen LogP contribution in [-0.2, 0) is 4.74 Å². The summed E-state index contributed by atoms with van der Waals surface area (Å²) in [5.41, 5.74) is -0.104. The SMILES string of the molecule is CCOC(=O)[P+](C)(c1ccccc1)c1ccccc1. The topological polar surface area (TPSA) is 26.3 Å². The quantitative estimate of drug-likeness (QED) is 0.798. The Balaban J connectivity index is 2.54. The van der Waals surface area contributed by atoms with E-state index in [-0.39, 0.29) is 5.71 Å². The number of rotatable bonds is 4. The van der Waals surface area contributed by atoms with Gasteiger partial charge < -0.3 is 4.74 Å². The molecule has 0 aliphatic heterocycles.